The lowest BCUT2D eigenvalue weighted by atomic mass is 10.0. The molecular formula is C15H18BrNO2. The van der Waals surface area contributed by atoms with E-state index in [0.29, 0.717) is 5.92 Å². The Morgan fingerprint density at radius 3 is 2.95 bits per heavy atom. The monoisotopic (exact) mass is 323 g/mol. The molecular weight excluding hydrogens is 306 g/mol. The molecule has 19 heavy (non-hydrogen) atoms. The van der Waals surface area contributed by atoms with Crippen LogP contribution in [0.25, 0.3) is 6.08 Å². The number of carbonyl (C=O) groups is 1. The maximum absolute atomic E-state index is 12.2. The van der Waals surface area contributed by atoms with E-state index in [-0.39, 0.29) is 18.6 Å². The molecule has 102 valence electrons. The molecule has 0 aliphatic carbocycles. The number of aliphatic hydroxyl groups excluding tert-OH is 1. The number of amides is 1. The molecule has 4 heteroatoms. The van der Waals surface area contributed by atoms with Crippen molar-refractivity contribution in [3.05, 3.63) is 40.4 Å². The molecule has 3 nitrogen and oxygen atoms in total. The molecule has 0 spiro atoms. The van der Waals surface area contributed by atoms with Gasteiger partial charge in [0.05, 0.1) is 12.6 Å². The van der Waals surface area contributed by atoms with Gasteiger partial charge < -0.3 is 10.0 Å². The molecule has 1 aromatic rings. The fourth-order valence-electron chi connectivity index (χ4n) is 2.43. The van der Waals surface area contributed by atoms with Crippen molar-refractivity contribution in [2.75, 3.05) is 13.2 Å². The van der Waals surface area contributed by atoms with E-state index in [1.54, 1.807) is 11.0 Å². The van der Waals surface area contributed by atoms with Gasteiger partial charge in [-0.25, -0.2) is 0 Å². The molecule has 1 fully saturated rings. The van der Waals surface area contributed by atoms with Gasteiger partial charge in [-0.3, -0.25) is 4.79 Å². The first-order valence-corrected chi connectivity index (χ1v) is 7.27. The average Bonchev–Trinajstić information content (AvgIpc) is 2.78. The second-order valence-corrected chi connectivity index (χ2v) is 5.76. The summed E-state index contributed by atoms with van der Waals surface area (Å²) in [6.07, 6.45) is 4.35. The Morgan fingerprint density at radius 1 is 1.53 bits per heavy atom. The van der Waals surface area contributed by atoms with Gasteiger partial charge in [0.15, 0.2) is 0 Å². The Labute approximate surface area is 122 Å². The van der Waals surface area contributed by atoms with Crippen LogP contribution in [0.3, 0.4) is 0 Å². The van der Waals surface area contributed by atoms with E-state index in [0.717, 1.165) is 23.0 Å². The van der Waals surface area contributed by atoms with Gasteiger partial charge >= 0.3 is 0 Å². The summed E-state index contributed by atoms with van der Waals surface area (Å²) in [4.78, 5) is 13.9. The summed E-state index contributed by atoms with van der Waals surface area (Å²) in [6.45, 7) is 2.84. The number of likely N-dealkylation sites (tertiary alicyclic amines) is 1. The van der Waals surface area contributed by atoms with Crippen molar-refractivity contribution in [3.8, 4) is 0 Å². The van der Waals surface area contributed by atoms with E-state index >= 15 is 0 Å². The second kappa shape index (κ2) is 6.35. The lowest BCUT2D eigenvalue weighted by Gasteiger charge is -2.23. The summed E-state index contributed by atoms with van der Waals surface area (Å²) in [7, 11) is 0. The Hall–Kier alpha value is -1.13. The van der Waals surface area contributed by atoms with Crippen molar-refractivity contribution in [2.45, 2.75) is 19.4 Å². The predicted octanol–water partition coefficient (Wildman–Crippen LogP) is 2.69. The van der Waals surface area contributed by atoms with E-state index in [1.807, 2.05) is 30.3 Å². The summed E-state index contributed by atoms with van der Waals surface area (Å²) in [5.74, 6) is 0.338. The van der Waals surface area contributed by atoms with E-state index in [1.165, 1.54) is 0 Å². The molecule has 2 atom stereocenters. The van der Waals surface area contributed by atoms with Crippen molar-refractivity contribution in [1.82, 2.24) is 4.90 Å². The van der Waals surface area contributed by atoms with Crippen LogP contribution < -0.4 is 0 Å². The predicted molar refractivity (Wildman–Crippen MR) is 79.5 cm³/mol. The molecule has 0 radical (unpaired) electrons. The zero-order valence-electron chi connectivity index (χ0n) is 10.9. The van der Waals surface area contributed by atoms with Crippen LogP contribution in [0.1, 0.15) is 18.9 Å². The highest BCUT2D eigenvalue weighted by Crippen LogP contribution is 2.24. The number of rotatable bonds is 3. The van der Waals surface area contributed by atoms with Crippen LogP contribution in [0.2, 0.25) is 0 Å². The van der Waals surface area contributed by atoms with Gasteiger partial charge in [0.1, 0.15) is 0 Å². The van der Waals surface area contributed by atoms with E-state index in [4.69, 9.17) is 0 Å². The number of halogens is 1. The average molecular weight is 324 g/mol. The number of nitrogens with zero attached hydrogens (tertiary/aromatic N) is 1. The van der Waals surface area contributed by atoms with Crippen LogP contribution in [0.4, 0.5) is 0 Å². The third-order valence-electron chi connectivity index (χ3n) is 3.66. The minimum atomic E-state index is -0.0450. The molecule has 0 bridgehead atoms. The third-order valence-corrected chi connectivity index (χ3v) is 4.39. The van der Waals surface area contributed by atoms with Gasteiger partial charge in [-0.2, -0.15) is 0 Å². The summed E-state index contributed by atoms with van der Waals surface area (Å²) < 4.78 is 0.965. The minimum absolute atomic E-state index is 0.0286. The molecule has 0 aromatic heterocycles. The van der Waals surface area contributed by atoms with Crippen LogP contribution in [-0.2, 0) is 4.79 Å². The maximum Gasteiger partial charge on any atom is 0.246 e. The number of carbonyl (C=O) groups excluding carboxylic acids is 1. The van der Waals surface area contributed by atoms with Gasteiger partial charge in [0, 0.05) is 17.1 Å². The lowest BCUT2D eigenvalue weighted by Crippen LogP contribution is -2.38. The third kappa shape index (κ3) is 3.25. The van der Waals surface area contributed by atoms with Gasteiger partial charge in [0.2, 0.25) is 5.91 Å². The quantitative estimate of drug-likeness (QED) is 0.869. The van der Waals surface area contributed by atoms with Gasteiger partial charge in [-0.15, -0.1) is 0 Å². The zero-order chi connectivity index (χ0) is 13.8. The molecule has 1 aromatic carbocycles. The first-order chi connectivity index (χ1) is 9.13. The second-order valence-electron chi connectivity index (χ2n) is 4.90. The highest BCUT2D eigenvalue weighted by Gasteiger charge is 2.32. The number of aliphatic hydroxyl groups is 1. The molecule has 1 amide bonds. The van der Waals surface area contributed by atoms with Crippen LogP contribution in [-0.4, -0.2) is 35.1 Å². The standard InChI is InChI=1S/C15H18BrNO2/c1-11-8-9-17(14(11)10-18)15(19)7-6-12-4-2-3-5-13(12)16/h2-7,11,14,18H,8-10H2,1H3/b7-6+. The minimum Gasteiger partial charge on any atom is -0.394 e. The Kier molecular flexibility index (Phi) is 4.77. The Balaban J connectivity index is 2.07. The van der Waals surface area contributed by atoms with Crippen molar-refractivity contribution >= 4 is 27.9 Å². The van der Waals surface area contributed by atoms with Crippen molar-refractivity contribution in [1.29, 1.82) is 0 Å². The van der Waals surface area contributed by atoms with E-state index in [9.17, 15) is 9.90 Å². The fraction of sp³-hybridized carbons (Fsp3) is 0.400. The molecule has 2 unspecified atom stereocenters. The van der Waals surface area contributed by atoms with Crippen LogP contribution >= 0.6 is 15.9 Å². The molecule has 2 rings (SSSR count). The number of hydrogen-bond donors (Lipinski definition) is 1. The van der Waals surface area contributed by atoms with E-state index < -0.39 is 0 Å². The van der Waals surface area contributed by atoms with Crippen molar-refractivity contribution in [3.63, 3.8) is 0 Å². The first-order valence-electron chi connectivity index (χ1n) is 6.47. The van der Waals surface area contributed by atoms with Gasteiger partial charge in [-0.05, 0) is 30.0 Å². The van der Waals surface area contributed by atoms with Crippen molar-refractivity contribution in [2.24, 2.45) is 5.92 Å². The number of hydrogen-bond acceptors (Lipinski definition) is 2. The van der Waals surface area contributed by atoms with E-state index in [2.05, 4.69) is 22.9 Å². The number of benzene rings is 1. The summed E-state index contributed by atoms with van der Waals surface area (Å²) >= 11 is 3.45. The molecule has 1 saturated heterocycles. The smallest absolute Gasteiger partial charge is 0.246 e. The van der Waals surface area contributed by atoms with Crippen molar-refractivity contribution < 1.29 is 9.90 Å². The fourth-order valence-corrected chi connectivity index (χ4v) is 2.84. The normalized spacial score (nSPS) is 23.2. The summed E-state index contributed by atoms with van der Waals surface area (Å²) in [5.41, 5.74) is 0.976. The van der Waals surface area contributed by atoms with Gasteiger partial charge in [-0.1, -0.05) is 41.1 Å². The van der Waals surface area contributed by atoms with Crippen LogP contribution in [0, 0.1) is 5.92 Å². The Bertz CT molecular complexity index is 487. The SMILES string of the molecule is CC1CCN(C(=O)/C=C/c2ccccc2Br)C1CO. The highest BCUT2D eigenvalue weighted by atomic mass is 79.9. The largest absolute Gasteiger partial charge is 0.394 e. The molecule has 0 saturated carbocycles. The summed E-state index contributed by atoms with van der Waals surface area (Å²) in [5, 5.41) is 9.36. The van der Waals surface area contributed by atoms with Crippen LogP contribution in [0.15, 0.2) is 34.8 Å². The summed E-state index contributed by atoms with van der Waals surface area (Å²) in [6, 6.07) is 7.72. The van der Waals surface area contributed by atoms with Gasteiger partial charge in [0.25, 0.3) is 0 Å². The molecule has 1 heterocycles. The zero-order valence-corrected chi connectivity index (χ0v) is 12.5. The topological polar surface area (TPSA) is 40.5 Å². The maximum atomic E-state index is 12.2. The molecule has 1 N–H and O–H groups in total. The first kappa shape index (κ1) is 14.3. The Morgan fingerprint density at radius 2 is 2.26 bits per heavy atom. The molecule has 1 aliphatic heterocycles. The lowest BCUT2D eigenvalue weighted by molar-refractivity contribution is -0.127. The highest BCUT2D eigenvalue weighted by molar-refractivity contribution is 9.10. The molecule has 1 aliphatic rings. The van der Waals surface area contributed by atoms with Crippen LogP contribution in [0.5, 0.6) is 0 Å².